The molecule has 140 valence electrons. The minimum atomic E-state index is -3.72. The topological polar surface area (TPSA) is 75.3 Å². The third-order valence-electron chi connectivity index (χ3n) is 4.19. The average Bonchev–Trinajstić information content (AvgIpc) is 2.59. The third kappa shape index (κ3) is 5.41. The van der Waals surface area contributed by atoms with E-state index in [1.165, 1.54) is 0 Å². The van der Waals surface area contributed by atoms with Crippen molar-refractivity contribution in [2.24, 2.45) is 0 Å². The molecule has 0 saturated carbocycles. The monoisotopic (exact) mass is 374 g/mol. The molecule has 0 radical (unpaired) electrons. The fraction of sp³-hybridized carbons (Fsp3) is 0.350. The van der Waals surface area contributed by atoms with Crippen molar-refractivity contribution in [1.82, 2.24) is 10.0 Å². The zero-order valence-electron chi connectivity index (χ0n) is 15.7. The van der Waals surface area contributed by atoms with Crippen molar-refractivity contribution in [3.63, 3.8) is 0 Å². The molecule has 0 saturated heterocycles. The van der Waals surface area contributed by atoms with Crippen LogP contribution in [0.25, 0.3) is 0 Å². The van der Waals surface area contributed by atoms with E-state index < -0.39 is 10.0 Å². The predicted octanol–water partition coefficient (Wildman–Crippen LogP) is 2.89. The Balaban J connectivity index is 1.93. The molecule has 1 amide bonds. The number of sulfonamides is 1. The molecule has 0 heterocycles. The maximum Gasteiger partial charge on any atom is 0.241 e. The van der Waals surface area contributed by atoms with Gasteiger partial charge in [-0.25, -0.2) is 13.1 Å². The van der Waals surface area contributed by atoms with Crippen molar-refractivity contribution in [2.45, 2.75) is 44.6 Å². The van der Waals surface area contributed by atoms with Gasteiger partial charge in [0, 0.05) is 6.54 Å². The van der Waals surface area contributed by atoms with Crippen LogP contribution >= 0.6 is 0 Å². The van der Waals surface area contributed by atoms with Crippen molar-refractivity contribution in [1.29, 1.82) is 0 Å². The summed E-state index contributed by atoms with van der Waals surface area (Å²) in [4.78, 5) is 12.1. The summed E-state index contributed by atoms with van der Waals surface area (Å²) in [6.45, 7) is 8.23. The number of benzene rings is 2. The van der Waals surface area contributed by atoms with E-state index in [0.29, 0.717) is 6.54 Å². The molecule has 0 bridgehead atoms. The van der Waals surface area contributed by atoms with Crippen molar-refractivity contribution in [3.8, 4) is 0 Å². The Morgan fingerprint density at radius 2 is 1.62 bits per heavy atom. The Morgan fingerprint density at radius 3 is 2.19 bits per heavy atom. The normalized spacial score (nSPS) is 12.0. The zero-order chi connectivity index (χ0) is 19.4. The fourth-order valence-corrected chi connectivity index (χ4v) is 3.42. The van der Waals surface area contributed by atoms with E-state index in [-0.39, 0.29) is 22.8 Å². The first-order chi connectivity index (χ1) is 12.1. The van der Waals surface area contributed by atoms with Crippen LogP contribution in [0, 0.1) is 6.92 Å². The SMILES string of the molecule is Cc1ccccc1CNC(=O)CNS(=O)(=O)c1ccc(C(C)(C)C)cc1. The molecule has 2 aromatic rings. The molecule has 6 heteroatoms. The lowest BCUT2D eigenvalue weighted by Gasteiger charge is -2.19. The smallest absolute Gasteiger partial charge is 0.241 e. The molecule has 0 aliphatic heterocycles. The van der Waals surface area contributed by atoms with Crippen LogP contribution in [0.1, 0.15) is 37.5 Å². The summed E-state index contributed by atoms with van der Waals surface area (Å²) in [7, 11) is -3.72. The van der Waals surface area contributed by atoms with E-state index in [9.17, 15) is 13.2 Å². The van der Waals surface area contributed by atoms with Gasteiger partial charge in [-0.15, -0.1) is 0 Å². The van der Waals surface area contributed by atoms with Gasteiger partial charge in [0.15, 0.2) is 0 Å². The molecule has 2 aromatic carbocycles. The predicted molar refractivity (Wildman–Crippen MR) is 103 cm³/mol. The van der Waals surface area contributed by atoms with Crippen LogP contribution in [-0.4, -0.2) is 20.9 Å². The van der Waals surface area contributed by atoms with E-state index >= 15 is 0 Å². The molecule has 0 spiro atoms. The first kappa shape index (κ1) is 20.1. The highest BCUT2D eigenvalue weighted by atomic mass is 32.2. The molecule has 2 rings (SSSR count). The van der Waals surface area contributed by atoms with Gasteiger partial charge in [0.05, 0.1) is 11.4 Å². The molecule has 0 aromatic heterocycles. The van der Waals surface area contributed by atoms with Gasteiger partial charge in [-0.1, -0.05) is 57.2 Å². The summed E-state index contributed by atoms with van der Waals surface area (Å²) in [5.41, 5.74) is 3.08. The second-order valence-electron chi connectivity index (χ2n) is 7.30. The summed E-state index contributed by atoms with van der Waals surface area (Å²) in [5, 5.41) is 2.73. The molecule has 26 heavy (non-hydrogen) atoms. The maximum absolute atomic E-state index is 12.3. The number of aryl methyl sites for hydroxylation is 1. The van der Waals surface area contributed by atoms with E-state index in [2.05, 4.69) is 30.8 Å². The first-order valence-electron chi connectivity index (χ1n) is 8.51. The Bertz CT molecular complexity index is 867. The van der Waals surface area contributed by atoms with Gasteiger partial charge in [-0.05, 0) is 41.2 Å². The molecular formula is C20H26N2O3S. The Morgan fingerprint density at radius 1 is 1.00 bits per heavy atom. The van der Waals surface area contributed by atoms with Gasteiger partial charge in [-0.3, -0.25) is 4.79 Å². The van der Waals surface area contributed by atoms with Crippen molar-refractivity contribution in [3.05, 3.63) is 65.2 Å². The van der Waals surface area contributed by atoms with Gasteiger partial charge >= 0.3 is 0 Å². The molecule has 0 aliphatic carbocycles. The van der Waals surface area contributed by atoms with Crippen LogP contribution in [0.3, 0.4) is 0 Å². The summed E-state index contributed by atoms with van der Waals surface area (Å²) in [6.07, 6.45) is 0. The number of hydrogen-bond donors (Lipinski definition) is 2. The van der Waals surface area contributed by atoms with Crippen LogP contribution in [0.4, 0.5) is 0 Å². The summed E-state index contributed by atoms with van der Waals surface area (Å²) in [6, 6.07) is 14.4. The van der Waals surface area contributed by atoms with Gasteiger partial charge in [-0.2, -0.15) is 0 Å². The largest absolute Gasteiger partial charge is 0.351 e. The molecule has 0 fully saturated rings. The Labute approximate surface area is 155 Å². The number of carbonyl (C=O) groups excluding carboxylic acids is 1. The molecule has 0 atom stereocenters. The van der Waals surface area contributed by atoms with E-state index in [0.717, 1.165) is 16.7 Å². The summed E-state index contributed by atoms with van der Waals surface area (Å²) < 4.78 is 27.0. The number of amides is 1. The standard InChI is InChI=1S/C20H26N2O3S/c1-15-7-5-6-8-16(15)13-21-19(23)14-22-26(24,25)18-11-9-17(10-12-18)20(2,3)4/h5-12,22H,13-14H2,1-4H3,(H,21,23). The lowest BCUT2D eigenvalue weighted by molar-refractivity contribution is -0.120. The summed E-state index contributed by atoms with van der Waals surface area (Å²) in [5.74, 6) is -0.372. The Hall–Kier alpha value is -2.18. The highest BCUT2D eigenvalue weighted by Crippen LogP contribution is 2.23. The van der Waals surface area contributed by atoms with Crippen molar-refractivity contribution >= 4 is 15.9 Å². The molecule has 2 N–H and O–H groups in total. The van der Waals surface area contributed by atoms with Crippen LogP contribution < -0.4 is 10.0 Å². The second kappa shape index (κ2) is 8.01. The lowest BCUT2D eigenvalue weighted by atomic mass is 9.87. The lowest BCUT2D eigenvalue weighted by Crippen LogP contribution is -2.36. The second-order valence-corrected chi connectivity index (χ2v) is 9.07. The number of carbonyl (C=O) groups is 1. The minimum absolute atomic E-state index is 0.0504. The van der Waals surface area contributed by atoms with Crippen molar-refractivity contribution < 1.29 is 13.2 Å². The first-order valence-corrected chi connectivity index (χ1v) is 9.99. The maximum atomic E-state index is 12.3. The minimum Gasteiger partial charge on any atom is -0.351 e. The van der Waals surface area contributed by atoms with E-state index in [1.54, 1.807) is 24.3 Å². The van der Waals surface area contributed by atoms with E-state index in [4.69, 9.17) is 0 Å². The number of hydrogen-bond acceptors (Lipinski definition) is 3. The van der Waals surface area contributed by atoms with Gasteiger partial charge < -0.3 is 5.32 Å². The average molecular weight is 375 g/mol. The fourth-order valence-electron chi connectivity index (χ4n) is 2.44. The van der Waals surface area contributed by atoms with Crippen molar-refractivity contribution in [2.75, 3.05) is 6.54 Å². The molecule has 0 unspecified atom stereocenters. The Kier molecular flexibility index (Phi) is 6.21. The quantitative estimate of drug-likeness (QED) is 0.816. The van der Waals surface area contributed by atoms with E-state index in [1.807, 2.05) is 31.2 Å². The zero-order valence-corrected chi connectivity index (χ0v) is 16.5. The molecule has 0 aliphatic rings. The third-order valence-corrected chi connectivity index (χ3v) is 5.61. The molecule has 5 nitrogen and oxygen atoms in total. The van der Waals surface area contributed by atoms with Crippen LogP contribution in [-0.2, 0) is 26.8 Å². The van der Waals surface area contributed by atoms with Crippen LogP contribution in [0.15, 0.2) is 53.4 Å². The van der Waals surface area contributed by atoms with Gasteiger partial charge in [0.1, 0.15) is 0 Å². The number of nitrogens with one attached hydrogen (secondary N) is 2. The van der Waals surface area contributed by atoms with Crippen LogP contribution in [0.5, 0.6) is 0 Å². The van der Waals surface area contributed by atoms with Gasteiger partial charge in [0.25, 0.3) is 0 Å². The highest BCUT2D eigenvalue weighted by molar-refractivity contribution is 7.89. The highest BCUT2D eigenvalue weighted by Gasteiger charge is 2.18. The van der Waals surface area contributed by atoms with Crippen LogP contribution in [0.2, 0.25) is 0 Å². The number of rotatable bonds is 6. The summed E-state index contributed by atoms with van der Waals surface area (Å²) >= 11 is 0. The van der Waals surface area contributed by atoms with Gasteiger partial charge in [0.2, 0.25) is 15.9 Å². The molecular weight excluding hydrogens is 348 g/mol.